The van der Waals surface area contributed by atoms with Crippen molar-refractivity contribution in [3.8, 4) is 0 Å². The van der Waals surface area contributed by atoms with Crippen LogP contribution in [0.5, 0.6) is 0 Å². The molecule has 1 amide bonds. The smallest absolute Gasteiger partial charge is 0.326 e. The van der Waals surface area contributed by atoms with Crippen molar-refractivity contribution < 1.29 is 34.5 Å². The third-order valence-electron chi connectivity index (χ3n) is 6.03. The van der Waals surface area contributed by atoms with Crippen LogP contribution in [0.2, 0.25) is 0 Å². The lowest BCUT2D eigenvalue weighted by Gasteiger charge is -2.13. The Morgan fingerprint density at radius 3 is 1.33 bits per heavy atom. The molecule has 0 heterocycles. The Labute approximate surface area is 237 Å². The molecule has 39 heavy (non-hydrogen) atoms. The van der Waals surface area contributed by atoms with Gasteiger partial charge in [-0.2, -0.15) is 0 Å². The van der Waals surface area contributed by atoms with Crippen LogP contribution in [0.4, 0.5) is 0 Å². The van der Waals surface area contributed by atoms with Crippen molar-refractivity contribution in [1.29, 1.82) is 0 Å². The van der Waals surface area contributed by atoms with Crippen LogP contribution >= 0.6 is 0 Å². The maximum absolute atomic E-state index is 11.6. The fourth-order valence-corrected chi connectivity index (χ4v) is 3.72. The Balaban J connectivity index is -0.000000601. The molecule has 0 unspecified atom stereocenters. The van der Waals surface area contributed by atoms with E-state index in [4.69, 9.17) is 21.1 Å². The first kappa shape index (κ1) is 41.3. The molecule has 2 atom stereocenters. The predicted octanol–water partition coefficient (Wildman–Crippen LogP) is 6.91. The van der Waals surface area contributed by atoms with Gasteiger partial charge in [0.1, 0.15) is 6.04 Å². The molecule has 9 heteroatoms. The van der Waals surface area contributed by atoms with Gasteiger partial charge in [0.2, 0.25) is 5.91 Å². The van der Waals surface area contributed by atoms with E-state index in [9.17, 15) is 19.2 Å². The molecule has 0 rings (SSSR count). The highest BCUT2D eigenvalue weighted by atomic mass is 16.4. The SMILES string of the molecule is CCCCCCCCCC(=O)N[C@@H](CCC(=O)O)C(=O)O.CCCCCCCCCC(=O)O.CCC[C@@H](C)N. The molecule has 0 aliphatic heterocycles. The number of amides is 1. The number of carbonyl (C=O) groups is 4. The highest BCUT2D eigenvalue weighted by molar-refractivity contribution is 5.83. The first-order valence-electron chi connectivity index (χ1n) is 15.2. The van der Waals surface area contributed by atoms with Crippen molar-refractivity contribution in [2.75, 3.05) is 0 Å². The Bertz CT molecular complexity index is 598. The normalized spacial score (nSPS) is 11.7. The van der Waals surface area contributed by atoms with Gasteiger partial charge >= 0.3 is 17.9 Å². The highest BCUT2D eigenvalue weighted by Crippen LogP contribution is 2.09. The third-order valence-corrected chi connectivity index (χ3v) is 6.03. The molecular formula is C30H60N2O7. The lowest BCUT2D eigenvalue weighted by Crippen LogP contribution is -2.41. The summed E-state index contributed by atoms with van der Waals surface area (Å²) in [6.45, 7) is 8.53. The van der Waals surface area contributed by atoms with Crippen LogP contribution in [0.15, 0.2) is 0 Å². The molecule has 0 spiro atoms. The summed E-state index contributed by atoms with van der Waals surface area (Å²) in [5.74, 6) is -3.24. The maximum Gasteiger partial charge on any atom is 0.326 e. The Hall–Kier alpha value is -2.16. The van der Waals surface area contributed by atoms with Gasteiger partial charge in [0.15, 0.2) is 0 Å². The molecule has 0 aliphatic carbocycles. The standard InChI is InChI=1S/C15H27NO5.C10H20O2.C5H13N/c1-2-3-4-5-6-7-8-9-13(17)16-12(15(20)21)10-11-14(18)19;1-2-3-4-5-6-7-8-9-10(11)12;1-3-4-5(2)6/h12H,2-11H2,1H3,(H,16,17)(H,18,19)(H,20,21);2-9H2,1H3,(H,11,12);5H,3-4,6H2,1-2H3/t12-;;5-/m0.1/s1. The second kappa shape index (κ2) is 32.1. The van der Waals surface area contributed by atoms with E-state index in [1.165, 1.54) is 64.2 Å². The second-order valence-corrected chi connectivity index (χ2v) is 10.3. The zero-order chi connectivity index (χ0) is 30.3. The van der Waals surface area contributed by atoms with Gasteiger partial charge in [0.05, 0.1) is 0 Å². The molecule has 0 bridgehead atoms. The van der Waals surface area contributed by atoms with Crippen LogP contribution in [0, 0.1) is 0 Å². The fourth-order valence-electron chi connectivity index (χ4n) is 3.72. The van der Waals surface area contributed by atoms with Crippen LogP contribution in [0.1, 0.15) is 156 Å². The van der Waals surface area contributed by atoms with E-state index in [1.54, 1.807) is 0 Å². The van der Waals surface area contributed by atoms with Gasteiger partial charge in [0, 0.05) is 25.3 Å². The lowest BCUT2D eigenvalue weighted by atomic mass is 10.1. The fraction of sp³-hybridized carbons (Fsp3) is 0.867. The topological polar surface area (TPSA) is 167 Å². The Kier molecular flexibility index (Phi) is 34.0. The lowest BCUT2D eigenvalue weighted by molar-refractivity contribution is -0.143. The molecule has 9 nitrogen and oxygen atoms in total. The molecule has 0 aromatic rings. The average molecular weight is 561 g/mol. The van der Waals surface area contributed by atoms with E-state index < -0.39 is 23.9 Å². The number of carboxylic acid groups (broad SMARTS) is 3. The summed E-state index contributed by atoms with van der Waals surface area (Å²) >= 11 is 0. The molecule has 0 fully saturated rings. The van der Waals surface area contributed by atoms with Crippen molar-refractivity contribution in [2.24, 2.45) is 5.73 Å². The minimum Gasteiger partial charge on any atom is -0.481 e. The molecule has 0 aromatic carbocycles. The number of hydrogen-bond acceptors (Lipinski definition) is 5. The summed E-state index contributed by atoms with van der Waals surface area (Å²) in [6, 6.07) is -0.715. The van der Waals surface area contributed by atoms with E-state index >= 15 is 0 Å². The van der Waals surface area contributed by atoms with Gasteiger partial charge in [0.25, 0.3) is 0 Å². The van der Waals surface area contributed by atoms with Gasteiger partial charge in [-0.1, -0.05) is 104 Å². The maximum atomic E-state index is 11.6. The van der Waals surface area contributed by atoms with Gasteiger partial charge in [-0.3, -0.25) is 14.4 Å². The molecule has 0 aromatic heterocycles. The molecule has 0 saturated carbocycles. The number of rotatable bonds is 23. The van der Waals surface area contributed by atoms with Crippen molar-refractivity contribution >= 4 is 23.8 Å². The zero-order valence-corrected chi connectivity index (χ0v) is 25.3. The first-order valence-corrected chi connectivity index (χ1v) is 15.2. The number of aliphatic carboxylic acids is 3. The van der Waals surface area contributed by atoms with Crippen LogP contribution in [0.25, 0.3) is 0 Å². The highest BCUT2D eigenvalue weighted by Gasteiger charge is 2.20. The summed E-state index contributed by atoms with van der Waals surface area (Å²) in [6.07, 6.45) is 18.6. The monoisotopic (exact) mass is 560 g/mol. The van der Waals surface area contributed by atoms with Crippen LogP contribution in [0.3, 0.4) is 0 Å². The van der Waals surface area contributed by atoms with E-state index in [0.717, 1.165) is 38.5 Å². The van der Waals surface area contributed by atoms with E-state index in [-0.39, 0.29) is 18.7 Å². The van der Waals surface area contributed by atoms with E-state index in [1.807, 2.05) is 6.92 Å². The van der Waals surface area contributed by atoms with Crippen LogP contribution in [-0.2, 0) is 19.2 Å². The minimum atomic E-state index is -1.19. The largest absolute Gasteiger partial charge is 0.481 e. The number of carboxylic acids is 3. The summed E-state index contributed by atoms with van der Waals surface area (Å²) in [5.41, 5.74) is 5.40. The average Bonchev–Trinajstić information content (AvgIpc) is 2.85. The number of hydrogen-bond donors (Lipinski definition) is 5. The Morgan fingerprint density at radius 2 is 1.00 bits per heavy atom. The second-order valence-electron chi connectivity index (χ2n) is 10.3. The molecule has 6 N–H and O–H groups in total. The minimum absolute atomic E-state index is 0.0899. The van der Waals surface area contributed by atoms with Crippen molar-refractivity contribution in [3.63, 3.8) is 0 Å². The van der Waals surface area contributed by atoms with Crippen LogP contribution in [-0.4, -0.2) is 51.2 Å². The summed E-state index contributed by atoms with van der Waals surface area (Å²) < 4.78 is 0. The Morgan fingerprint density at radius 1 is 0.590 bits per heavy atom. The summed E-state index contributed by atoms with van der Waals surface area (Å²) in [4.78, 5) is 43.1. The molecule has 0 radical (unpaired) electrons. The molecule has 232 valence electrons. The predicted molar refractivity (Wildman–Crippen MR) is 158 cm³/mol. The number of nitrogens with two attached hydrogens (primary N) is 1. The van der Waals surface area contributed by atoms with Gasteiger partial charge < -0.3 is 26.4 Å². The molecule has 0 aliphatic rings. The molecule has 0 saturated heterocycles. The van der Waals surface area contributed by atoms with Crippen molar-refractivity contribution in [1.82, 2.24) is 5.32 Å². The van der Waals surface area contributed by atoms with E-state index in [2.05, 4.69) is 26.1 Å². The first-order chi connectivity index (χ1) is 18.5. The van der Waals surface area contributed by atoms with Crippen LogP contribution < -0.4 is 11.1 Å². The number of nitrogens with one attached hydrogen (secondary N) is 1. The van der Waals surface area contributed by atoms with Crippen molar-refractivity contribution in [2.45, 2.75) is 168 Å². The quantitative estimate of drug-likeness (QED) is 0.0840. The van der Waals surface area contributed by atoms with Gasteiger partial charge in [-0.15, -0.1) is 0 Å². The van der Waals surface area contributed by atoms with Crippen molar-refractivity contribution in [3.05, 3.63) is 0 Å². The third kappa shape index (κ3) is 40.5. The van der Waals surface area contributed by atoms with Gasteiger partial charge in [-0.25, -0.2) is 4.79 Å². The van der Waals surface area contributed by atoms with Gasteiger partial charge in [-0.05, 0) is 32.6 Å². The molecular weight excluding hydrogens is 500 g/mol. The summed E-state index contributed by atoms with van der Waals surface area (Å²) in [7, 11) is 0. The van der Waals surface area contributed by atoms with E-state index in [0.29, 0.717) is 18.9 Å². The zero-order valence-electron chi connectivity index (χ0n) is 25.3. The summed E-state index contributed by atoms with van der Waals surface area (Å²) in [5, 5.41) is 28.2. The number of unbranched alkanes of at least 4 members (excludes halogenated alkanes) is 12. The number of carbonyl (C=O) groups excluding carboxylic acids is 1.